The first-order chi connectivity index (χ1) is 10.2. The van der Waals surface area contributed by atoms with Gasteiger partial charge in [-0.05, 0) is 48.9 Å². The van der Waals surface area contributed by atoms with Gasteiger partial charge < -0.3 is 14.8 Å². The molecule has 2 aromatic rings. The monoisotopic (exact) mass is 285 g/mol. The van der Waals surface area contributed by atoms with E-state index in [-0.39, 0.29) is 5.97 Å². The van der Waals surface area contributed by atoms with Crippen molar-refractivity contribution in [2.24, 2.45) is 0 Å². The van der Waals surface area contributed by atoms with E-state index in [1.165, 1.54) is 7.11 Å². The summed E-state index contributed by atoms with van der Waals surface area (Å²) in [7, 11) is 1.37. The van der Waals surface area contributed by atoms with Crippen LogP contribution in [-0.2, 0) is 11.3 Å². The standard InChI is InChI=1S/C17H19NO3/c1-3-21-16-6-4-5-13(11-16)12-18-15-9-7-14(8-10-15)17(19)20-2/h4-11,18H,3,12H2,1-2H3. The summed E-state index contributed by atoms with van der Waals surface area (Å²) in [6.07, 6.45) is 0. The van der Waals surface area contributed by atoms with Gasteiger partial charge in [-0.15, -0.1) is 0 Å². The predicted molar refractivity (Wildman–Crippen MR) is 82.7 cm³/mol. The molecule has 0 amide bonds. The number of carbonyl (C=O) groups is 1. The summed E-state index contributed by atoms with van der Waals surface area (Å²) in [5.74, 6) is 0.545. The summed E-state index contributed by atoms with van der Waals surface area (Å²) < 4.78 is 10.1. The molecule has 0 radical (unpaired) electrons. The highest BCUT2D eigenvalue weighted by Crippen LogP contribution is 2.16. The first-order valence-electron chi connectivity index (χ1n) is 6.87. The van der Waals surface area contributed by atoms with Gasteiger partial charge in [-0.25, -0.2) is 4.79 Å². The van der Waals surface area contributed by atoms with Crippen LogP contribution in [0.1, 0.15) is 22.8 Å². The maximum Gasteiger partial charge on any atom is 0.337 e. The highest BCUT2D eigenvalue weighted by atomic mass is 16.5. The molecule has 0 aliphatic rings. The Labute approximate surface area is 124 Å². The van der Waals surface area contributed by atoms with E-state index in [0.717, 1.165) is 17.0 Å². The summed E-state index contributed by atoms with van der Waals surface area (Å²) in [6.45, 7) is 3.32. The molecule has 0 aliphatic heterocycles. The first-order valence-corrected chi connectivity index (χ1v) is 6.87. The fourth-order valence-electron chi connectivity index (χ4n) is 1.96. The van der Waals surface area contributed by atoms with Crippen LogP contribution >= 0.6 is 0 Å². The van der Waals surface area contributed by atoms with Crippen LogP contribution in [0.2, 0.25) is 0 Å². The zero-order valence-electron chi connectivity index (χ0n) is 12.3. The van der Waals surface area contributed by atoms with Crippen LogP contribution in [0.4, 0.5) is 5.69 Å². The van der Waals surface area contributed by atoms with Crippen LogP contribution in [0.5, 0.6) is 5.75 Å². The lowest BCUT2D eigenvalue weighted by atomic mass is 10.2. The van der Waals surface area contributed by atoms with Crippen molar-refractivity contribution in [3.05, 3.63) is 59.7 Å². The highest BCUT2D eigenvalue weighted by molar-refractivity contribution is 5.89. The Morgan fingerprint density at radius 3 is 2.57 bits per heavy atom. The number of esters is 1. The number of ether oxygens (including phenoxy) is 2. The molecule has 0 aliphatic carbocycles. The van der Waals surface area contributed by atoms with E-state index in [1.54, 1.807) is 12.1 Å². The van der Waals surface area contributed by atoms with Crippen LogP contribution in [0.25, 0.3) is 0 Å². The molecule has 2 aromatic carbocycles. The minimum atomic E-state index is -0.328. The zero-order chi connectivity index (χ0) is 15.1. The third-order valence-corrected chi connectivity index (χ3v) is 3.01. The molecule has 4 heteroatoms. The number of nitrogens with one attached hydrogen (secondary N) is 1. The quantitative estimate of drug-likeness (QED) is 0.825. The van der Waals surface area contributed by atoms with Gasteiger partial charge in [0.15, 0.2) is 0 Å². The Kier molecular flexibility index (Phi) is 5.21. The van der Waals surface area contributed by atoms with Gasteiger partial charge in [0.05, 0.1) is 19.3 Å². The SMILES string of the molecule is CCOc1cccc(CNc2ccc(C(=O)OC)cc2)c1. The summed E-state index contributed by atoms with van der Waals surface area (Å²) >= 11 is 0. The van der Waals surface area contributed by atoms with Crippen LogP contribution in [0, 0.1) is 0 Å². The van der Waals surface area contributed by atoms with Crippen molar-refractivity contribution in [3.63, 3.8) is 0 Å². The molecule has 2 rings (SSSR count). The molecule has 0 saturated heterocycles. The van der Waals surface area contributed by atoms with Crippen molar-refractivity contribution in [2.75, 3.05) is 19.0 Å². The summed E-state index contributed by atoms with van der Waals surface area (Å²) in [5.41, 5.74) is 2.63. The second-order valence-corrected chi connectivity index (χ2v) is 4.50. The molecule has 110 valence electrons. The zero-order valence-corrected chi connectivity index (χ0v) is 12.3. The third-order valence-electron chi connectivity index (χ3n) is 3.01. The highest BCUT2D eigenvalue weighted by Gasteiger charge is 2.04. The molecule has 0 heterocycles. The van der Waals surface area contributed by atoms with Crippen LogP contribution < -0.4 is 10.1 Å². The minimum Gasteiger partial charge on any atom is -0.494 e. The van der Waals surface area contributed by atoms with Gasteiger partial charge in [-0.2, -0.15) is 0 Å². The molecule has 21 heavy (non-hydrogen) atoms. The molecule has 0 atom stereocenters. The van der Waals surface area contributed by atoms with E-state index in [9.17, 15) is 4.79 Å². The van der Waals surface area contributed by atoms with Crippen molar-refractivity contribution in [1.82, 2.24) is 0 Å². The number of methoxy groups -OCH3 is 1. The van der Waals surface area contributed by atoms with Gasteiger partial charge >= 0.3 is 5.97 Å². The second-order valence-electron chi connectivity index (χ2n) is 4.50. The lowest BCUT2D eigenvalue weighted by Crippen LogP contribution is -2.03. The molecular weight excluding hydrogens is 266 g/mol. The molecular formula is C17H19NO3. The average molecular weight is 285 g/mol. The number of hydrogen-bond donors (Lipinski definition) is 1. The lowest BCUT2D eigenvalue weighted by Gasteiger charge is -2.09. The topological polar surface area (TPSA) is 47.6 Å². The Bertz CT molecular complexity index is 593. The van der Waals surface area contributed by atoms with Crippen LogP contribution in [0.15, 0.2) is 48.5 Å². The summed E-state index contributed by atoms with van der Waals surface area (Å²) in [4.78, 5) is 11.3. The van der Waals surface area contributed by atoms with Gasteiger partial charge in [0, 0.05) is 12.2 Å². The van der Waals surface area contributed by atoms with Crippen molar-refractivity contribution < 1.29 is 14.3 Å². The van der Waals surface area contributed by atoms with E-state index >= 15 is 0 Å². The summed E-state index contributed by atoms with van der Waals surface area (Å²) in [5, 5.41) is 3.31. The predicted octanol–water partition coefficient (Wildman–Crippen LogP) is 3.48. The second kappa shape index (κ2) is 7.33. The van der Waals surface area contributed by atoms with E-state index < -0.39 is 0 Å². The number of carbonyl (C=O) groups excluding carboxylic acids is 1. The van der Waals surface area contributed by atoms with E-state index in [1.807, 2.05) is 43.3 Å². The molecule has 0 aromatic heterocycles. The molecule has 0 saturated carbocycles. The Morgan fingerprint density at radius 2 is 1.90 bits per heavy atom. The molecule has 0 spiro atoms. The maximum absolute atomic E-state index is 11.3. The third kappa shape index (κ3) is 4.24. The Hall–Kier alpha value is -2.49. The molecule has 0 bridgehead atoms. The van der Waals surface area contributed by atoms with E-state index in [4.69, 9.17) is 4.74 Å². The molecule has 1 N–H and O–H groups in total. The van der Waals surface area contributed by atoms with Crippen LogP contribution in [0.3, 0.4) is 0 Å². The van der Waals surface area contributed by atoms with Crippen molar-refractivity contribution in [2.45, 2.75) is 13.5 Å². The normalized spacial score (nSPS) is 10.0. The van der Waals surface area contributed by atoms with Crippen molar-refractivity contribution in [1.29, 1.82) is 0 Å². The van der Waals surface area contributed by atoms with Crippen molar-refractivity contribution in [3.8, 4) is 5.75 Å². The average Bonchev–Trinajstić information content (AvgIpc) is 2.53. The van der Waals surface area contributed by atoms with Crippen LogP contribution in [-0.4, -0.2) is 19.7 Å². The summed E-state index contributed by atoms with van der Waals surface area (Å²) in [6, 6.07) is 15.2. The minimum absolute atomic E-state index is 0.328. The number of rotatable bonds is 6. The van der Waals surface area contributed by atoms with Gasteiger partial charge in [-0.1, -0.05) is 12.1 Å². The number of anilines is 1. The Morgan fingerprint density at radius 1 is 1.14 bits per heavy atom. The molecule has 4 nitrogen and oxygen atoms in total. The molecule has 0 fully saturated rings. The fraction of sp³-hybridized carbons (Fsp3) is 0.235. The number of benzene rings is 2. The van der Waals surface area contributed by atoms with Crippen molar-refractivity contribution >= 4 is 11.7 Å². The van der Waals surface area contributed by atoms with Gasteiger partial charge in [0.2, 0.25) is 0 Å². The fourth-order valence-corrected chi connectivity index (χ4v) is 1.96. The first kappa shape index (κ1) is 14.9. The van der Waals surface area contributed by atoms with Gasteiger partial charge in [-0.3, -0.25) is 0 Å². The van der Waals surface area contributed by atoms with Gasteiger partial charge in [0.1, 0.15) is 5.75 Å². The Balaban J connectivity index is 1.96. The smallest absolute Gasteiger partial charge is 0.337 e. The largest absolute Gasteiger partial charge is 0.494 e. The van der Waals surface area contributed by atoms with E-state index in [0.29, 0.717) is 18.7 Å². The maximum atomic E-state index is 11.3. The number of hydrogen-bond acceptors (Lipinski definition) is 4. The van der Waals surface area contributed by atoms with E-state index in [2.05, 4.69) is 10.1 Å². The molecule has 0 unspecified atom stereocenters. The lowest BCUT2D eigenvalue weighted by molar-refractivity contribution is 0.0601. The van der Waals surface area contributed by atoms with Gasteiger partial charge in [0.25, 0.3) is 0 Å².